The Balaban J connectivity index is 0.000000135. The van der Waals surface area contributed by atoms with Crippen LogP contribution in [0.25, 0.3) is 65.9 Å². The number of nitrogens with zero attached hydrogens (tertiary/aromatic N) is 2. The minimum Gasteiger partial charge on any atom is -0.287 e. The Labute approximate surface area is 255 Å². The largest absolute Gasteiger partial charge is 0.287 e. The summed E-state index contributed by atoms with van der Waals surface area (Å²) >= 11 is -0.556. The molecular formula is C36H24Cl2N2Ti-2. The average Bonchev–Trinajstić information content (AvgIpc) is 3.66. The second kappa shape index (κ2) is 12.8. The minimum absolute atomic E-state index is 0.556. The van der Waals surface area contributed by atoms with Crippen LogP contribution in [0.3, 0.4) is 0 Å². The van der Waals surface area contributed by atoms with E-state index in [-0.39, 0.29) is 0 Å². The van der Waals surface area contributed by atoms with Crippen LogP contribution in [-0.2, 0) is 17.0 Å². The molecule has 0 saturated heterocycles. The molecule has 0 fully saturated rings. The molecule has 0 N–H and O–H groups in total. The number of hydrogen-bond acceptors (Lipinski definition) is 2. The van der Waals surface area contributed by atoms with E-state index in [0.29, 0.717) is 0 Å². The van der Waals surface area contributed by atoms with E-state index in [2.05, 4.69) is 121 Å². The van der Waals surface area contributed by atoms with E-state index >= 15 is 0 Å². The van der Waals surface area contributed by atoms with Gasteiger partial charge in [-0.05, 0) is 22.9 Å². The summed E-state index contributed by atoms with van der Waals surface area (Å²) < 4.78 is 0. The monoisotopic (exact) mass is 602 g/mol. The van der Waals surface area contributed by atoms with Gasteiger partial charge in [0.25, 0.3) is 0 Å². The summed E-state index contributed by atoms with van der Waals surface area (Å²) in [6.45, 7) is 0. The van der Waals surface area contributed by atoms with E-state index in [0.717, 1.165) is 22.4 Å². The average molecular weight is 603 g/mol. The summed E-state index contributed by atoms with van der Waals surface area (Å²) in [6, 6.07) is 50.5. The maximum absolute atomic E-state index is 4.89. The van der Waals surface area contributed by atoms with Crippen molar-refractivity contribution in [3.05, 3.63) is 146 Å². The fourth-order valence-electron chi connectivity index (χ4n) is 5.05. The maximum Gasteiger partial charge on any atom is 0.0617 e. The van der Waals surface area contributed by atoms with Gasteiger partial charge >= 0.3 is 35.6 Å². The molecule has 0 aliphatic carbocycles. The summed E-state index contributed by atoms with van der Waals surface area (Å²) in [5.41, 5.74) is 6.54. The molecule has 0 amide bonds. The zero-order chi connectivity index (χ0) is 28.0. The van der Waals surface area contributed by atoms with Gasteiger partial charge in [-0.3, -0.25) is 9.97 Å². The number of aromatic nitrogens is 2. The molecule has 0 unspecified atom stereocenters. The summed E-state index contributed by atoms with van der Waals surface area (Å²) in [5.74, 6) is 0. The quantitative estimate of drug-likeness (QED) is 0.145. The smallest absolute Gasteiger partial charge is 0.0617 e. The first-order valence-electron chi connectivity index (χ1n) is 13.2. The molecule has 0 radical (unpaired) electrons. The predicted molar refractivity (Wildman–Crippen MR) is 172 cm³/mol. The van der Waals surface area contributed by atoms with Gasteiger partial charge in [-0.15, -0.1) is 69.1 Å². The van der Waals surface area contributed by atoms with Crippen molar-refractivity contribution in [2.75, 3.05) is 0 Å². The van der Waals surface area contributed by atoms with Crippen molar-refractivity contribution >= 4 is 62.0 Å². The molecule has 5 heteroatoms. The van der Waals surface area contributed by atoms with Crippen molar-refractivity contribution in [3.8, 4) is 22.5 Å². The molecule has 8 aromatic rings. The van der Waals surface area contributed by atoms with Crippen molar-refractivity contribution in [3.63, 3.8) is 0 Å². The first-order chi connectivity index (χ1) is 20.2. The third-order valence-electron chi connectivity index (χ3n) is 7.02. The Morgan fingerprint density at radius 2 is 0.805 bits per heavy atom. The summed E-state index contributed by atoms with van der Waals surface area (Å²) in [4.78, 5) is 9.48. The first-order valence-corrected chi connectivity index (χ1v) is 17.5. The number of benzene rings is 4. The molecule has 41 heavy (non-hydrogen) atoms. The molecule has 8 rings (SSSR count). The minimum atomic E-state index is -0.556. The van der Waals surface area contributed by atoms with Crippen molar-refractivity contribution in [2.45, 2.75) is 0 Å². The van der Waals surface area contributed by atoms with E-state index in [4.69, 9.17) is 28.6 Å². The van der Waals surface area contributed by atoms with Crippen molar-refractivity contribution in [2.24, 2.45) is 0 Å². The Hall–Kier alpha value is -3.79. The van der Waals surface area contributed by atoms with Gasteiger partial charge in [-0.2, -0.15) is 0 Å². The SMILES string of the molecule is [Cl][Ti][Cl].c1ccc2[cH-]c(-c3ccc4ccccc4n3)cc2c1.c1ccc2[cH-]c(-c3ccc4ccccc4n3)cc2c1. The van der Waals surface area contributed by atoms with E-state index in [1.165, 1.54) is 43.4 Å². The van der Waals surface area contributed by atoms with Crippen LogP contribution in [0.4, 0.5) is 0 Å². The normalized spacial score (nSPS) is 10.7. The van der Waals surface area contributed by atoms with Crippen LogP contribution in [-0.4, -0.2) is 9.97 Å². The van der Waals surface area contributed by atoms with Crippen LogP contribution in [0.15, 0.2) is 146 Å². The van der Waals surface area contributed by atoms with Gasteiger partial charge in [0.2, 0.25) is 0 Å². The van der Waals surface area contributed by atoms with Gasteiger partial charge < -0.3 is 0 Å². The Kier molecular flexibility index (Phi) is 8.56. The molecule has 0 bridgehead atoms. The van der Waals surface area contributed by atoms with Crippen LogP contribution in [0.5, 0.6) is 0 Å². The molecular weight excluding hydrogens is 579 g/mol. The van der Waals surface area contributed by atoms with Crippen LogP contribution in [0.1, 0.15) is 0 Å². The molecule has 0 atom stereocenters. The molecule has 2 aromatic heterocycles. The van der Waals surface area contributed by atoms with Gasteiger partial charge in [0.1, 0.15) is 0 Å². The number of pyridine rings is 2. The zero-order valence-electron chi connectivity index (χ0n) is 22.0. The molecule has 0 saturated carbocycles. The second-order valence-corrected chi connectivity index (χ2v) is 12.2. The summed E-state index contributed by atoms with van der Waals surface area (Å²) in [5, 5.41) is 7.45. The number of halogens is 2. The second-order valence-electron chi connectivity index (χ2n) is 9.60. The van der Waals surface area contributed by atoms with Gasteiger partial charge in [-0.25, -0.2) is 0 Å². The number of para-hydroxylation sites is 2. The zero-order valence-corrected chi connectivity index (χ0v) is 25.1. The van der Waals surface area contributed by atoms with Crippen molar-refractivity contribution in [1.82, 2.24) is 9.97 Å². The third kappa shape index (κ3) is 6.27. The van der Waals surface area contributed by atoms with E-state index in [1.54, 1.807) is 0 Å². The standard InChI is InChI=1S/2C18H12N.2ClH.Ti/c2*1-2-7-15-12-16(11-14(15)6-1)18-10-9-13-5-3-4-8-17(13)19-18;;;/h2*1-12H;2*1H;/q2*-1;;;+2/p-2. The van der Waals surface area contributed by atoms with Crippen LogP contribution >= 0.6 is 18.6 Å². The predicted octanol–water partition coefficient (Wildman–Crippen LogP) is 10.9. The molecule has 0 aliphatic heterocycles. The summed E-state index contributed by atoms with van der Waals surface area (Å²) in [7, 11) is 9.78. The fraction of sp³-hybridized carbons (Fsp3) is 0. The van der Waals surface area contributed by atoms with Gasteiger partial charge in [-0.1, -0.05) is 97.1 Å². The fourth-order valence-corrected chi connectivity index (χ4v) is 5.05. The topological polar surface area (TPSA) is 25.8 Å². The molecule has 0 aliphatic rings. The molecule has 198 valence electrons. The van der Waals surface area contributed by atoms with Gasteiger partial charge in [0, 0.05) is 11.4 Å². The maximum atomic E-state index is 4.89. The third-order valence-corrected chi connectivity index (χ3v) is 7.02. The molecule has 2 nitrogen and oxygen atoms in total. The molecule has 2 heterocycles. The van der Waals surface area contributed by atoms with Crippen molar-refractivity contribution in [1.29, 1.82) is 0 Å². The number of hydrogen-bond donors (Lipinski definition) is 0. The van der Waals surface area contributed by atoms with Gasteiger partial charge in [0.05, 0.1) is 11.0 Å². The summed E-state index contributed by atoms with van der Waals surface area (Å²) in [6.07, 6.45) is 0. The van der Waals surface area contributed by atoms with Crippen LogP contribution in [0.2, 0.25) is 0 Å². The van der Waals surface area contributed by atoms with E-state index < -0.39 is 17.0 Å². The Morgan fingerprint density at radius 1 is 0.439 bits per heavy atom. The van der Waals surface area contributed by atoms with Crippen LogP contribution < -0.4 is 0 Å². The van der Waals surface area contributed by atoms with E-state index in [9.17, 15) is 0 Å². The van der Waals surface area contributed by atoms with Crippen LogP contribution in [0, 0.1) is 0 Å². The van der Waals surface area contributed by atoms with Gasteiger partial charge in [0.15, 0.2) is 0 Å². The molecule has 0 spiro atoms. The Morgan fingerprint density at radius 3 is 1.22 bits per heavy atom. The number of rotatable bonds is 2. The van der Waals surface area contributed by atoms with Crippen molar-refractivity contribution < 1.29 is 17.0 Å². The Bertz CT molecular complexity index is 1860. The molecule has 6 aromatic carbocycles. The first kappa shape index (κ1) is 27.4. The number of fused-ring (bicyclic) bond motifs is 4. The van der Waals surface area contributed by atoms with E-state index in [1.807, 2.05) is 24.3 Å².